The van der Waals surface area contributed by atoms with Gasteiger partial charge in [0.1, 0.15) is 23.4 Å². The lowest BCUT2D eigenvalue weighted by molar-refractivity contribution is -0.151. The van der Waals surface area contributed by atoms with Gasteiger partial charge in [-0.2, -0.15) is 0 Å². The van der Waals surface area contributed by atoms with Gasteiger partial charge in [-0.3, -0.25) is 14.4 Å². The predicted molar refractivity (Wildman–Crippen MR) is 162 cm³/mol. The lowest BCUT2D eigenvalue weighted by Crippen LogP contribution is -2.49. The average Bonchev–Trinajstić information content (AvgIpc) is 3.37. The molecule has 1 fully saturated rings. The Balaban J connectivity index is 1.82. The van der Waals surface area contributed by atoms with Gasteiger partial charge in [0.25, 0.3) is 0 Å². The molecule has 0 aliphatic carbocycles. The SMILES string of the molecule is CCC[C@H](CNC(=O)[C@@H]1N[C@H](CC(C)(C)C)[C@]2(C(=O)Nc3cc(Cl)ccc32)[C@H]1c1cccc(Cl)c1F)OC(=O)[C@@H](C)N. The van der Waals surface area contributed by atoms with Crippen molar-refractivity contribution in [2.24, 2.45) is 11.1 Å². The molecule has 42 heavy (non-hydrogen) atoms. The third kappa shape index (κ3) is 6.16. The zero-order valence-corrected chi connectivity index (χ0v) is 26.0. The summed E-state index contributed by atoms with van der Waals surface area (Å²) in [5.41, 5.74) is 5.36. The topological polar surface area (TPSA) is 123 Å². The fourth-order valence-electron chi connectivity index (χ4n) is 6.27. The van der Waals surface area contributed by atoms with Crippen LogP contribution in [0, 0.1) is 11.2 Å². The van der Waals surface area contributed by atoms with Crippen LogP contribution in [0.1, 0.15) is 70.9 Å². The highest BCUT2D eigenvalue weighted by Gasteiger charge is 2.66. The van der Waals surface area contributed by atoms with E-state index in [1.807, 2.05) is 27.7 Å². The molecule has 5 N–H and O–H groups in total. The van der Waals surface area contributed by atoms with E-state index in [0.29, 0.717) is 35.5 Å². The first-order chi connectivity index (χ1) is 19.7. The normalized spacial score (nSPS) is 24.7. The van der Waals surface area contributed by atoms with Crippen molar-refractivity contribution in [2.75, 3.05) is 11.9 Å². The molecule has 0 aromatic heterocycles. The summed E-state index contributed by atoms with van der Waals surface area (Å²) in [7, 11) is 0. The number of ether oxygens (including phenoxy) is 1. The Bertz CT molecular complexity index is 1360. The summed E-state index contributed by atoms with van der Waals surface area (Å²) < 4.78 is 21.4. The number of rotatable bonds is 9. The van der Waals surface area contributed by atoms with Crippen LogP contribution in [0.15, 0.2) is 36.4 Å². The largest absolute Gasteiger partial charge is 0.459 e. The second-order valence-electron chi connectivity index (χ2n) is 12.5. The Morgan fingerprint density at radius 2 is 1.93 bits per heavy atom. The molecule has 6 atom stereocenters. The van der Waals surface area contributed by atoms with Crippen LogP contribution in [0.3, 0.4) is 0 Å². The van der Waals surface area contributed by atoms with Crippen molar-refractivity contribution < 1.29 is 23.5 Å². The Hall–Kier alpha value is -2.72. The van der Waals surface area contributed by atoms with Crippen LogP contribution < -0.4 is 21.7 Å². The highest BCUT2D eigenvalue weighted by atomic mass is 35.5. The van der Waals surface area contributed by atoms with Crippen LogP contribution >= 0.6 is 23.2 Å². The second kappa shape index (κ2) is 12.5. The third-order valence-corrected chi connectivity index (χ3v) is 8.52. The van der Waals surface area contributed by atoms with Gasteiger partial charge in [0.2, 0.25) is 11.8 Å². The minimum absolute atomic E-state index is 0.0311. The molecule has 2 aliphatic heterocycles. The monoisotopic (exact) mass is 620 g/mol. The second-order valence-corrected chi connectivity index (χ2v) is 13.3. The Kier molecular flexibility index (Phi) is 9.57. The minimum atomic E-state index is -1.36. The molecular weight excluding hydrogens is 582 g/mol. The fourth-order valence-corrected chi connectivity index (χ4v) is 6.63. The summed E-state index contributed by atoms with van der Waals surface area (Å²) in [6.07, 6.45) is 1.12. The smallest absolute Gasteiger partial charge is 0.322 e. The van der Waals surface area contributed by atoms with Gasteiger partial charge in [-0.05, 0) is 54.5 Å². The van der Waals surface area contributed by atoms with Crippen molar-refractivity contribution in [3.63, 3.8) is 0 Å². The maximum Gasteiger partial charge on any atom is 0.322 e. The summed E-state index contributed by atoms with van der Waals surface area (Å²) in [6.45, 7) is 9.63. The van der Waals surface area contributed by atoms with Gasteiger partial charge in [0, 0.05) is 22.7 Å². The maximum atomic E-state index is 15.9. The molecular formula is C31H39Cl2FN4O4. The number of benzene rings is 2. The number of halogens is 3. The summed E-state index contributed by atoms with van der Waals surface area (Å²) >= 11 is 12.5. The number of amides is 2. The van der Waals surface area contributed by atoms with Gasteiger partial charge >= 0.3 is 5.97 Å². The van der Waals surface area contributed by atoms with Crippen LogP contribution in [0.25, 0.3) is 0 Å². The van der Waals surface area contributed by atoms with Gasteiger partial charge < -0.3 is 26.4 Å². The van der Waals surface area contributed by atoms with Crippen molar-refractivity contribution in [1.29, 1.82) is 0 Å². The van der Waals surface area contributed by atoms with E-state index < -0.39 is 53.3 Å². The van der Waals surface area contributed by atoms with Crippen LogP contribution in [0.5, 0.6) is 0 Å². The van der Waals surface area contributed by atoms with Crippen molar-refractivity contribution in [3.05, 3.63) is 63.4 Å². The Morgan fingerprint density at radius 3 is 2.57 bits per heavy atom. The first-order valence-corrected chi connectivity index (χ1v) is 15.0. The molecule has 11 heteroatoms. The van der Waals surface area contributed by atoms with E-state index in [2.05, 4.69) is 16.0 Å². The Morgan fingerprint density at radius 1 is 1.21 bits per heavy atom. The van der Waals surface area contributed by atoms with Gasteiger partial charge in [0.05, 0.1) is 17.6 Å². The van der Waals surface area contributed by atoms with E-state index in [1.54, 1.807) is 30.3 Å². The molecule has 2 heterocycles. The number of nitrogens with two attached hydrogens (primary N) is 1. The van der Waals surface area contributed by atoms with Crippen LogP contribution in [0.4, 0.5) is 10.1 Å². The zero-order chi connectivity index (χ0) is 31.0. The molecule has 0 unspecified atom stereocenters. The quantitative estimate of drug-likeness (QED) is 0.291. The van der Waals surface area contributed by atoms with E-state index >= 15 is 4.39 Å². The van der Waals surface area contributed by atoms with Crippen molar-refractivity contribution in [3.8, 4) is 0 Å². The van der Waals surface area contributed by atoms with Gasteiger partial charge in [-0.15, -0.1) is 0 Å². The number of hydrogen-bond acceptors (Lipinski definition) is 6. The molecule has 8 nitrogen and oxygen atoms in total. The zero-order valence-electron chi connectivity index (χ0n) is 24.5. The molecule has 2 aromatic carbocycles. The minimum Gasteiger partial charge on any atom is -0.459 e. The molecule has 0 bridgehead atoms. The average molecular weight is 622 g/mol. The summed E-state index contributed by atoms with van der Waals surface area (Å²) in [5, 5.41) is 9.62. The van der Waals surface area contributed by atoms with E-state index in [9.17, 15) is 14.4 Å². The standard InChI is InChI=1S/C31H39Cl2FN4O4/c1-6-8-18(42-28(40)16(2)35)15-36-27(39)26-24(19-9-7-10-21(33)25(19)34)31(23(38-26)14-30(3,4)5)20-12-11-17(32)13-22(20)37-29(31)41/h7,9-13,16,18,23-24,26,38H,6,8,14-15,35H2,1-5H3,(H,36,39)(H,37,41)/t16-,18-,23-,24+,26-,31+/m1/s1. The number of nitrogens with one attached hydrogen (secondary N) is 3. The van der Waals surface area contributed by atoms with E-state index in [0.717, 1.165) is 0 Å². The van der Waals surface area contributed by atoms with Crippen LogP contribution in [-0.2, 0) is 24.5 Å². The molecule has 2 aliphatic rings. The van der Waals surface area contributed by atoms with Crippen molar-refractivity contribution in [1.82, 2.24) is 10.6 Å². The summed E-state index contributed by atoms with van der Waals surface area (Å²) in [4.78, 5) is 40.4. The molecule has 2 amide bonds. The van der Waals surface area contributed by atoms with E-state index in [-0.39, 0.29) is 28.5 Å². The number of carbonyl (C=O) groups is 3. The van der Waals surface area contributed by atoms with Crippen LogP contribution in [-0.4, -0.2) is 48.6 Å². The highest BCUT2D eigenvalue weighted by Crippen LogP contribution is 2.57. The molecule has 2 aromatic rings. The first-order valence-electron chi connectivity index (χ1n) is 14.3. The third-order valence-electron chi connectivity index (χ3n) is 7.99. The Labute approximate surface area is 256 Å². The molecule has 1 saturated heterocycles. The number of esters is 1. The fraction of sp³-hybridized carbons (Fsp3) is 0.516. The molecule has 1 spiro atoms. The molecule has 4 rings (SSSR count). The van der Waals surface area contributed by atoms with Gasteiger partial charge in [0.15, 0.2) is 0 Å². The number of fused-ring (bicyclic) bond motifs is 2. The van der Waals surface area contributed by atoms with Gasteiger partial charge in [-0.1, -0.05) is 75.5 Å². The summed E-state index contributed by atoms with van der Waals surface area (Å²) in [6, 6.07) is 7.36. The summed E-state index contributed by atoms with van der Waals surface area (Å²) in [5.74, 6) is -3.03. The molecule has 0 radical (unpaired) electrons. The van der Waals surface area contributed by atoms with E-state index in [4.69, 9.17) is 33.7 Å². The number of hydrogen-bond donors (Lipinski definition) is 4. The number of carbonyl (C=O) groups excluding carboxylic acids is 3. The first kappa shape index (κ1) is 32.2. The van der Waals surface area contributed by atoms with Gasteiger partial charge in [-0.25, -0.2) is 4.39 Å². The highest BCUT2D eigenvalue weighted by molar-refractivity contribution is 6.31. The molecule has 228 valence electrons. The molecule has 0 saturated carbocycles. The maximum absolute atomic E-state index is 15.9. The number of anilines is 1. The van der Waals surface area contributed by atoms with E-state index in [1.165, 1.54) is 13.0 Å². The van der Waals surface area contributed by atoms with Crippen molar-refractivity contribution in [2.45, 2.75) is 89.4 Å². The van der Waals surface area contributed by atoms with Crippen molar-refractivity contribution >= 4 is 46.7 Å². The van der Waals surface area contributed by atoms with Crippen LogP contribution in [0.2, 0.25) is 10.0 Å². The lowest BCUT2D eigenvalue weighted by atomic mass is 9.62. The predicted octanol–water partition coefficient (Wildman–Crippen LogP) is 5.06. The lowest BCUT2D eigenvalue weighted by Gasteiger charge is -2.37.